The number of alkyl halides is 3. The summed E-state index contributed by atoms with van der Waals surface area (Å²) in [5.41, 5.74) is 2.05. The summed E-state index contributed by atoms with van der Waals surface area (Å²) in [6.45, 7) is 9.12. The molecule has 0 saturated heterocycles. The van der Waals surface area contributed by atoms with Gasteiger partial charge >= 0.3 is 12.1 Å². The SMILES string of the molecule is COC(C)CN(CC(C)C)c1ccc(C(C)CC(=O)O)cc1Nc1nc(C(F)(F)F)ns1. The summed E-state index contributed by atoms with van der Waals surface area (Å²) in [4.78, 5) is 16.8. The van der Waals surface area contributed by atoms with Crippen LogP contribution in [0.15, 0.2) is 18.2 Å². The van der Waals surface area contributed by atoms with Gasteiger partial charge in [0.05, 0.1) is 23.9 Å². The van der Waals surface area contributed by atoms with Gasteiger partial charge in [0.2, 0.25) is 11.0 Å². The fourth-order valence-corrected chi connectivity index (χ4v) is 3.82. The van der Waals surface area contributed by atoms with Crippen LogP contribution in [0, 0.1) is 5.92 Å². The molecule has 1 aromatic heterocycles. The van der Waals surface area contributed by atoms with Crippen molar-refractivity contribution in [1.82, 2.24) is 9.36 Å². The number of methoxy groups -OCH3 is 1. The van der Waals surface area contributed by atoms with Gasteiger partial charge in [-0.05, 0) is 36.5 Å². The van der Waals surface area contributed by atoms with Crippen LogP contribution < -0.4 is 10.2 Å². The van der Waals surface area contributed by atoms with Crippen LogP contribution in [0.4, 0.5) is 29.7 Å². The maximum absolute atomic E-state index is 12.9. The highest BCUT2D eigenvalue weighted by molar-refractivity contribution is 7.09. The van der Waals surface area contributed by atoms with Crippen molar-refractivity contribution in [3.8, 4) is 0 Å². The largest absolute Gasteiger partial charge is 0.481 e. The Balaban J connectivity index is 2.48. The molecule has 0 aliphatic carbocycles. The second-order valence-corrected chi connectivity index (χ2v) is 8.92. The fraction of sp³-hybridized carbons (Fsp3) is 0.571. The monoisotopic (exact) mass is 474 g/mol. The molecule has 0 fully saturated rings. The smallest absolute Gasteiger partial charge is 0.452 e. The van der Waals surface area contributed by atoms with Crippen LogP contribution in [0.5, 0.6) is 0 Å². The van der Waals surface area contributed by atoms with Crippen LogP contribution in [0.1, 0.15) is 51.4 Å². The van der Waals surface area contributed by atoms with Gasteiger partial charge in [-0.1, -0.05) is 26.8 Å². The number of benzene rings is 1. The Morgan fingerprint density at radius 3 is 2.47 bits per heavy atom. The first-order chi connectivity index (χ1) is 14.9. The molecule has 0 radical (unpaired) electrons. The molecule has 2 N–H and O–H groups in total. The molecule has 1 heterocycles. The maximum Gasteiger partial charge on any atom is 0.452 e. The number of aromatic nitrogens is 2. The van der Waals surface area contributed by atoms with Gasteiger partial charge in [0.25, 0.3) is 0 Å². The molecule has 32 heavy (non-hydrogen) atoms. The lowest BCUT2D eigenvalue weighted by molar-refractivity contribution is -0.144. The molecule has 0 saturated carbocycles. The van der Waals surface area contributed by atoms with Gasteiger partial charge in [-0.3, -0.25) is 4.79 Å². The van der Waals surface area contributed by atoms with Gasteiger partial charge in [-0.2, -0.15) is 22.5 Å². The molecule has 7 nitrogen and oxygen atoms in total. The standard InChI is InChI=1S/C21H29F3N4O3S/c1-12(2)10-28(11-14(4)31-5)17-7-6-15(13(3)8-18(29)30)9-16(17)25-20-26-19(27-32-20)21(22,23)24/h6-7,9,12-14H,8,10-11H2,1-5H3,(H,29,30)(H,25,26,27). The minimum Gasteiger partial charge on any atom is -0.481 e. The number of carbonyl (C=O) groups is 1. The van der Waals surface area contributed by atoms with Crippen molar-refractivity contribution < 1.29 is 27.8 Å². The van der Waals surface area contributed by atoms with E-state index in [1.165, 1.54) is 0 Å². The Hall–Kier alpha value is -2.40. The average molecular weight is 475 g/mol. The zero-order valence-electron chi connectivity index (χ0n) is 18.7. The lowest BCUT2D eigenvalue weighted by Gasteiger charge is -2.31. The van der Waals surface area contributed by atoms with E-state index in [2.05, 4.69) is 33.4 Å². The summed E-state index contributed by atoms with van der Waals surface area (Å²) in [5.74, 6) is -2.09. The van der Waals surface area contributed by atoms with Crippen molar-refractivity contribution in [2.75, 3.05) is 30.4 Å². The first-order valence-electron chi connectivity index (χ1n) is 10.2. The van der Waals surface area contributed by atoms with Crippen LogP contribution in [0.3, 0.4) is 0 Å². The number of carboxylic acid groups (broad SMARTS) is 1. The van der Waals surface area contributed by atoms with Gasteiger partial charge in [-0.15, -0.1) is 0 Å². The minimum atomic E-state index is -4.63. The van der Waals surface area contributed by atoms with Crippen molar-refractivity contribution in [3.63, 3.8) is 0 Å². The highest BCUT2D eigenvalue weighted by Gasteiger charge is 2.36. The summed E-state index contributed by atoms with van der Waals surface area (Å²) in [6.07, 6.45) is -4.77. The molecular weight excluding hydrogens is 445 g/mol. The molecule has 0 spiro atoms. The van der Waals surface area contributed by atoms with Gasteiger partial charge in [0.1, 0.15) is 0 Å². The first-order valence-corrected chi connectivity index (χ1v) is 11.0. The number of ether oxygens (including phenoxy) is 1. The zero-order chi connectivity index (χ0) is 24.1. The molecular formula is C21H29F3N4O3S. The van der Waals surface area contributed by atoms with Crippen LogP contribution in [0.2, 0.25) is 0 Å². The molecule has 0 aliphatic heterocycles. The highest BCUT2D eigenvalue weighted by Crippen LogP contribution is 2.36. The molecule has 178 valence electrons. The second kappa shape index (κ2) is 11.0. The molecule has 0 bridgehead atoms. The van der Waals surface area contributed by atoms with Crippen LogP contribution in [0.25, 0.3) is 0 Å². The minimum absolute atomic E-state index is 0.00546. The van der Waals surface area contributed by atoms with E-state index in [0.717, 1.165) is 11.3 Å². The maximum atomic E-state index is 12.9. The number of anilines is 3. The number of nitrogens with zero attached hydrogens (tertiary/aromatic N) is 3. The number of nitrogens with one attached hydrogen (secondary N) is 1. The molecule has 2 unspecified atom stereocenters. The van der Waals surface area contributed by atoms with Crippen LogP contribution in [-0.2, 0) is 15.7 Å². The quantitative estimate of drug-likeness (QED) is 0.452. The molecule has 0 amide bonds. The van der Waals surface area contributed by atoms with Crippen LogP contribution in [-0.4, -0.2) is 46.7 Å². The molecule has 11 heteroatoms. The van der Waals surface area contributed by atoms with E-state index in [4.69, 9.17) is 9.84 Å². The molecule has 1 aromatic carbocycles. The summed E-state index contributed by atoms with van der Waals surface area (Å²) in [7, 11) is 1.62. The van der Waals surface area contributed by atoms with Crippen molar-refractivity contribution in [3.05, 3.63) is 29.6 Å². The van der Waals surface area contributed by atoms with Crippen LogP contribution >= 0.6 is 11.5 Å². The Kier molecular flexibility index (Phi) is 8.85. The van der Waals surface area contributed by atoms with Crippen molar-refractivity contribution in [1.29, 1.82) is 0 Å². The lowest BCUT2D eigenvalue weighted by atomic mass is 9.96. The van der Waals surface area contributed by atoms with E-state index in [-0.39, 0.29) is 23.6 Å². The second-order valence-electron chi connectivity index (χ2n) is 8.17. The molecule has 2 rings (SSSR count). The third-order valence-corrected chi connectivity index (χ3v) is 5.43. The third-order valence-electron chi connectivity index (χ3n) is 4.80. The number of hydrogen-bond acceptors (Lipinski definition) is 7. The van der Waals surface area contributed by atoms with Gasteiger partial charge < -0.3 is 20.1 Å². The van der Waals surface area contributed by atoms with Gasteiger partial charge in [-0.25, -0.2) is 0 Å². The summed E-state index contributed by atoms with van der Waals surface area (Å²) < 4.78 is 47.6. The Labute approximate surface area is 189 Å². The zero-order valence-corrected chi connectivity index (χ0v) is 19.5. The van der Waals surface area contributed by atoms with Crippen molar-refractivity contribution >= 4 is 34.0 Å². The van der Waals surface area contributed by atoms with Crippen molar-refractivity contribution in [2.24, 2.45) is 5.92 Å². The topological polar surface area (TPSA) is 87.6 Å². The number of carboxylic acids is 1. The van der Waals surface area contributed by atoms with Gasteiger partial charge in [0, 0.05) is 31.7 Å². The highest BCUT2D eigenvalue weighted by atomic mass is 32.1. The fourth-order valence-electron chi connectivity index (χ4n) is 3.22. The normalized spacial score (nSPS) is 13.8. The van der Waals surface area contributed by atoms with E-state index in [0.29, 0.717) is 36.2 Å². The summed E-state index contributed by atoms with van der Waals surface area (Å²) in [6, 6.07) is 5.47. The Morgan fingerprint density at radius 2 is 1.94 bits per heavy atom. The molecule has 0 aliphatic rings. The van der Waals surface area contributed by atoms with E-state index in [1.54, 1.807) is 20.1 Å². The van der Waals surface area contributed by atoms with E-state index >= 15 is 0 Å². The lowest BCUT2D eigenvalue weighted by Crippen LogP contribution is -2.35. The van der Waals surface area contributed by atoms with E-state index < -0.39 is 18.0 Å². The number of rotatable bonds is 11. The van der Waals surface area contributed by atoms with E-state index in [1.807, 2.05) is 19.1 Å². The van der Waals surface area contributed by atoms with Crippen molar-refractivity contribution in [2.45, 2.75) is 52.3 Å². The predicted molar refractivity (Wildman–Crippen MR) is 119 cm³/mol. The predicted octanol–water partition coefficient (Wildman–Crippen LogP) is 5.38. The summed E-state index contributed by atoms with van der Waals surface area (Å²) in [5, 5.41) is 12.1. The number of halogens is 3. The Morgan fingerprint density at radius 1 is 1.25 bits per heavy atom. The third kappa shape index (κ3) is 7.33. The Bertz CT molecular complexity index is 905. The molecule has 2 aromatic rings. The van der Waals surface area contributed by atoms with E-state index in [9.17, 15) is 18.0 Å². The number of hydrogen-bond donors (Lipinski definition) is 2. The summed E-state index contributed by atoms with van der Waals surface area (Å²) >= 11 is 0.619. The first kappa shape index (κ1) is 25.9. The number of aliphatic carboxylic acids is 1. The average Bonchev–Trinajstić information content (AvgIpc) is 3.15. The van der Waals surface area contributed by atoms with Gasteiger partial charge in [0.15, 0.2) is 0 Å². The molecule has 2 atom stereocenters.